The summed E-state index contributed by atoms with van der Waals surface area (Å²) < 4.78 is 5.25. The first-order valence-corrected chi connectivity index (χ1v) is 5.49. The number of carbonyl (C=O) groups excluding carboxylic acids is 1. The van der Waals surface area contributed by atoms with Crippen LogP contribution in [-0.2, 0) is 9.53 Å². The van der Waals surface area contributed by atoms with Crippen LogP contribution in [0.4, 0.5) is 0 Å². The molecule has 13 heavy (non-hydrogen) atoms. The van der Waals surface area contributed by atoms with E-state index >= 15 is 0 Å². The lowest BCUT2D eigenvalue weighted by molar-refractivity contribution is -0.127. The van der Waals surface area contributed by atoms with Crippen molar-refractivity contribution < 1.29 is 9.53 Å². The molecule has 0 radical (unpaired) electrons. The monoisotopic (exact) mass is 182 g/mol. The van der Waals surface area contributed by atoms with E-state index in [4.69, 9.17) is 4.74 Å². The standard InChI is InChI=1S/C11H18O2/c12-11(10-6-7-13-8-10)9-4-2-1-3-5-9/h9-10H,1-8H2. The van der Waals surface area contributed by atoms with Crippen molar-refractivity contribution in [1.82, 2.24) is 0 Å². The fraction of sp³-hybridized carbons (Fsp3) is 0.909. The van der Waals surface area contributed by atoms with Crippen LogP contribution in [-0.4, -0.2) is 19.0 Å². The van der Waals surface area contributed by atoms with Gasteiger partial charge >= 0.3 is 0 Å². The second-order valence-electron chi connectivity index (χ2n) is 4.30. The summed E-state index contributed by atoms with van der Waals surface area (Å²) >= 11 is 0. The summed E-state index contributed by atoms with van der Waals surface area (Å²) in [7, 11) is 0. The van der Waals surface area contributed by atoms with Crippen LogP contribution >= 0.6 is 0 Å². The predicted molar refractivity (Wildman–Crippen MR) is 50.5 cm³/mol. The highest BCUT2D eigenvalue weighted by atomic mass is 16.5. The smallest absolute Gasteiger partial charge is 0.141 e. The van der Waals surface area contributed by atoms with Gasteiger partial charge in [0, 0.05) is 18.4 Å². The van der Waals surface area contributed by atoms with Gasteiger partial charge in [-0.3, -0.25) is 4.79 Å². The van der Waals surface area contributed by atoms with Crippen molar-refractivity contribution in [3.8, 4) is 0 Å². The molecule has 1 heterocycles. The number of carbonyl (C=O) groups is 1. The van der Waals surface area contributed by atoms with Gasteiger partial charge in [0.05, 0.1) is 6.61 Å². The molecule has 1 atom stereocenters. The van der Waals surface area contributed by atoms with E-state index in [9.17, 15) is 4.79 Å². The summed E-state index contributed by atoms with van der Waals surface area (Å²) in [6.45, 7) is 1.48. The Bertz CT molecular complexity index is 177. The Labute approximate surface area is 79.7 Å². The lowest BCUT2D eigenvalue weighted by Gasteiger charge is -2.22. The molecular formula is C11H18O2. The second kappa shape index (κ2) is 4.23. The summed E-state index contributed by atoms with van der Waals surface area (Å²) in [5, 5.41) is 0. The zero-order valence-electron chi connectivity index (χ0n) is 8.13. The van der Waals surface area contributed by atoms with Crippen LogP contribution in [0.5, 0.6) is 0 Å². The number of hydrogen-bond donors (Lipinski definition) is 0. The summed E-state index contributed by atoms with van der Waals surface area (Å²) in [6, 6.07) is 0. The largest absolute Gasteiger partial charge is 0.381 e. The fourth-order valence-corrected chi connectivity index (χ4v) is 2.48. The maximum Gasteiger partial charge on any atom is 0.141 e. The molecular weight excluding hydrogens is 164 g/mol. The lowest BCUT2D eigenvalue weighted by atomic mass is 9.81. The Morgan fingerprint density at radius 1 is 1.00 bits per heavy atom. The number of rotatable bonds is 2. The molecule has 1 saturated heterocycles. The van der Waals surface area contributed by atoms with Crippen molar-refractivity contribution >= 4 is 5.78 Å². The molecule has 0 bridgehead atoms. The molecule has 2 fully saturated rings. The first-order chi connectivity index (χ1) is 6.38. The Hall–Kier alpha value is -0.370. The third kappa shape index (κ3) is 2.11. The summed E-state index contributed by atoms with van der Waals surface area (Å²) in [5.74, 6) is 1.11. The average molecular weight is 182 g/mol. The lowest BCUT2D eigenvalue weighted by Crippen LogP contribution is -2.25. The SMILES string of the molecule is O=C(C1CCCCC1)C1CCOC1. The Morgan fingerprint density at radius 2 is 1.77 bits per heavy atom. The first kappa shape index (κ1) is 9.20. The van der Waals surface area contributed by atoms with Gasteiger partial charge in [0.15, 0.2) is 0 Å². The molecule has 1 unspecified atom stereocenters. The van der Waals surface area contributed by atoms with Crippen LogP contribution in [0.15, 0.2) is 0 Å². The van der Waals surface area contributed by atoms with E-state index in [1.807, 2.05) is 0 Å². The molecule has 1 aliphatic carbocycles. The first-order valence-electron chi connectivity index (χ1n) is 5.49. The summed E-state index contributed by atoms with van der Waals surface area (Å²) in [5.41, 5.74) is 0. The number of Topliss-reactive ketones (excluding diaryl/α,β-unsaturated/α-hetero) is 1. The van der Waals surface area contributed by atoms with E-state index < -0.39 is 0 Å². The Morgan fingerprint density at radius 3 is 2.38 bits per heavy atom. The molecule has 2 rings (SSSR count). The Kier molecular flexibility index (Phi) is 2.99. The van der Waals surface area contributed by atoms with E-state index in [1.54, 1.807) is 0 Å². The molecule has 0 amide bonds. The molecule has 2 aliphatic rings. The molecule has 0 N–H and O–H groups in total. The van der Waals surface area contributed by atoms with Gasteiger partial charge in [-0.1, -0.05) is 19.3 Å². The molecule has 74 valence electrons. The Balaban J connectivity index is 1.87. The van der Waals surface area contributed by atoms with Crippen molar-refractivity contribution in [2.75, 3.05) is 13.2 Å². The molecule has 0 aromatic heterocycles. The number of hydrogen-bond acceptors (Lipinski definition) is 2. The topological polar surface area (TPSA) is 26.3 Å². The van der Waals surface area contributed by atoms with Gasteiger partial charge in [0.2, 0.25) is 0 Å². The minimum atomic E-state index is 0.239. The average Bonchev–Trinajstić information content (AvgIpc) is 2.71. The van der Waals surface area contributed by atoms with Crippen LogP contribution < -0.4 is 0 Å². The molecule has 1 saturated carbocycles. The zero-order valence-corrected chi connectivity index (χ0v) is 8.13. The van der Waals surface area contributed by atoms with E-state index in [0.717, 1.165) is 25.9 Å². The number of ketones is 1. The highest BCUT2D eigenvalue weighted by Crippen LogP contribution is 2.28. The van der Waals surface area contributed by atoms with Gasteiger partial charge in [0.1, 0.15) is 5.78 Å². The minimum absolute atomic E-state index is 0.239. The third-order valence-corrected chi connectivity index (χ3v) is 3.34. The molecule has 1 aliphatic heterocycles. The summed E-state index contributed by atoms with van der Waals surface area (Å²) in [4.78, 5) is 11.9. The van der Waals surface area contributed by atoms with Crippen molar-refractivity contribution in [3.05, 3.63) is 0 Å². The van der Waals surface area contributed by atoms with Gasteiger partial charge in [-0.15, -0.1) is 0 Å². The highest BCUT2D eigenvalue weighted by molar-refractivity contribution is 5.83. The van der Waals surface area contributed by atoms with Crippen molar-refractivity contribution in [3.63, 3.8) is 0 Å². The van der Waals surface area contributed by atoms with Gasteiger partial charge in [-0.05, 0) is 19.3 Å². The van der Waals surface area contributed by atoms with E-state index in [0.29, 0.717) is 18.3 Å². The zero-order chi connectivity index (χ0) is 9.10. The van der Waals surface area contributed by atoms with Gasteiger partial charge < -0.3 is 4.74 Å². The summed E-state index contributed by atoms with van der Waals surface area (Å²) in [6.07, 6.45) is 7.07. The third-order valence-electron chi connectivity index (χ3n) is 3.34. The quantitative estimate of drug-likeness (QED) is 0.654. The maximum absolute atomic E-state index is 11.9. The van der Waals surface area contributed by atoms with E-state index in [2.05, 4.69) is 0 Å². The number of ether oxygens (including phenoxy) is 1. The van der Waals surface area contributed by atoms with Crippen LogP contribution in [0.2, 0.25) is 0 Å². The van der Waals surface area contributed by atoms with E-state index in [-0.39, 0.29) is 5.92 Å². The van der Waals surface area contributed by atoms with Gasteiger partial charge in [0.25, 0.3) is 0 Å². The predicted octanol–water partition coefficient (Wildman–Crippen LogP) is 2.17. The fourth-order valence-electron chi connectivity index (χ4n) is 2.48. The molecule has 2 nitrogen and oxygen atoms in total. The van der Waals surface area contributed by atoms with Crippen molar-refractivity contribution in [2.45, 2.75) is 38.5 Å². The van der Waals surface area contributed by atoms with Crippen molar-refractivity contribution in [1.29, 1.82) is 0 Å². The van der Waals surface area contributed by atoms with Crippen LogP contribution in [0.3, 0.4) is 0 Å². The van der Waals surface area contributed by atoms with Gasteiger partial charge in [-0.2, -0.15) is 0 Å². The minimum Gasteiger partial charge on any atom is -0.381 e. The van der Waals surface area contributed by atoms with E-state index in [1.165, 1.54) is 19.3 Å². The van der Waals surface area contributed by atoms with Crippen LogP contribution in [0, 0.1) is 11.8 Å². The molecule has 0 spiro atoms. The molecule has 2 heteroatoms. The maximum atomic E-state index is 11.9. The highest BCUT2D eigenvalue weighted by Gasteiger charge is 2.30. The van der Waals surface area contributed by atoms with Gasteiger partial charge in [-0.25, -0.2) is 0 Å². The molecule has 0 aromatic carbocycles. The van der Waals surface area contributed by atoms with Crippen molar-refractivity contribution in [2.24, 2.45) is 11.8 Å². The second-order valence-corrected chi connectivity index (χ2v) is 4.30. The molecule has 0 aromatic rings. The van der Waals surface area contributed by atoms with Crippen LogP contribution in [0.1, 0.15) is 38.5 Å². The van der Waals surface area contributed by atoms with Crippen LogP contribution in [0.25, 0.3) is 0 Å². The normalized spacial score (nSPS) is 30.6.